The molecule has 1 atom stereocenters. The number of nitrogens with two attached hydrogens (primary N) is 1. The molecule has 0 saturated heterocycles. The van der Waals surface area contributed by atoms with Crippen molar-refractivity contribution >= 4 is 50.9 Å². The van der Waals surface area contributed by atoms with Gasteiger partial charge in [-0.25, -0.2) is 0 Å². The van der Waals surface area contributed by atoms with Gasteiger partial charge in [0.1, 0.15) is 35.5 Å². The van der Waals surface area contributed by atoms with Crippen LogP contribution in [0.2, 0.25) is 0 Å². The maximum atomic E-state index is 10.8. The topological polar surface area (TPSA) is 132 Å². The van der Waals surface area contributed by atoms with Gasteiger partial charge in [0, 0.05) is 23.8 Å². The maximum Gasteiger partial charge on any atom is 0.269 e. The Morgan fingerprint density at radius 3 is 2.42 bits per heavy atom. The number of halogens is 2. The molecule has 1 heterocycles. The van der Waals surface area contributed by atoms with E-state index in [1.165, 1.54) is 18.2 Å². The highest BCUT2D eigenvalue weighted by atomic mass is 127. The first-order chi connectivity index (χ1) is 15.8. The SMILES string of the molecule is N#CC1=C(N)Oc2cc(O)ccc2[C@H]1c1cc(I)c(OCc2ccc([N+](=O)[O-])cc2)c(I)c1. The van der Waals surface area contributed by atoms with Gasteiger partial charge >= 0.3 is 0 Å². The number of benzene rings is 3. The van der Waals surface area contributed by atoms with Gasteiger partial charge in [0.2, 0.25) is 5.88 Å². The Morgan fingerprint density at radius 2 is 1.82 bits per heavy atom. The van der Waals surface area contributed by atoms with Crippen molar-refractivity contribution in [2.45, 2.75) is 12.5 Å². The van der Waals surface area contributed by atoms with E-state index in [0.717, 1.165) is 23.8 Å². The van der Waals surface area contributed by atoms with Crippen LogP contribution in [0.3, 0.4) is 0 Å². The number of phenols is 1. The monoisotopic (exact) mass is 667 g/mol. The number of nitro benzene ring substituents is 1. The van der Waals surface area contributed by atoms with Crippen LogP contribution in [-0.4, -0.2) is 10.0 Å². The van der Waals surface area contributed by atoms with Crippen LogP contribution in [0, 0.1) is 28.6 Å². The van der Waals surface area contributed by atoms with E-state index >= 15 is 0 Å². The average molecular weight is 667 g/mol. The third-order valence-corrected chi connectivity index (χ3v) is 6.69. The molecule has 4 rings (SSSR count). The zero-order valence-electron chi connectivity index (χ0n) is 16.8. The molecule has 0 aliphatic carbocycles. The lowest BCUT2D eigenvalue weighted by atomic mass is 9.83. The summed E-state index contributed by atoms with van der Waals surface area (Å²) in [7, 11) is 0. The summed E-state index contributed by atoms with van der Waals surface area (Å²) in [6.07, 6.45) is 0. The molecule has 0 bridgehead atoms. The van der Waals surface area contributed by atoms with Crippen LogP contribution in [0.4, 0.5) is 5.69 Å². The number of aromatic hydroxyl groups is 1. The van der Waals surface area contributed by atoms with Crippen molar-refractivity contribution in [2.75, 3.05) is 0 Å². The van der Waals surface area contributed by atoms with Crippen molar-refractivity contribution in [2.24, 2.45) is 5.73 Å². The second kappa shape index (κ2) is 9.44. The van der Waals surface area contributed by atoms with E-state index in [1.807, 2.05) is 12.1 Å². The molecule has 0 aromatic heterocycles. The third-order valence-electron chi connectivity index (χ3n) is 5.09. The minimum atomic E-state index is -0.454. The summed E-state index contributed by atoms with van der Waals surface area (Å²) in [4.78, 5) is 10.4. The molecule has 166 valence electrons. The smallest absolute Gasteiger partial charge is 0.269 e. The van der Waals surface area contributed by atoms with Crippen molar-refractivity contribution in [3.63, 3.8) is 0 Å². The maximum absolute atomic E-state index is 10.8. The van der Waals surface area contributed by atoms with Crippen LogP contribution >= 0.6 is 45.2 Å². The number of nitrogens with zero attached hydrogens (tertiary/aromatic N) is 2. The molecule has 0 amide bonds. The van der Waals surface area contributed by atoms with Gasteiger partial charge in [-0.2, -0.15) is 5.26 Å². The molecule has 3 aromatic carbocycles. The summed E-state index contributed by atoms with van der Waals surface area (Å²) in [6, 6.07) is 16.9. The summed E-state index contributed by atoms with van der Waals surface area (Å²) in [5.74, 6) is 0.667. The third kappa shape index (κ3) is 4.69. The van der Waals surface area contributed by atoms with Crippen molar-refractivity contribution in [3.8, 4) is 23.3 Å². The second-order valence-corrected chi connectivity index (χ2v) is 9.50. The summed E-state index contributed by atoms with van der Waals surface area (Å²) in [5, 5.41) is 30.4. The molecule has 0 radical (unpaired) electrons. The average Bonchev–Trinajstić information content (AvgIpc) is 2.77. The lowest BCUT2D eigenvalue weighted by molar-refractivity contribution is -0.384. The number of phenolic OH excluding ortho intramolecular Hbond substituents is 1. The molecule has 1 aliphatic rings. The number of nitriles is 1. The van der Waals surface area contributed by atoms with E-state index in [1.54, 1.807) is 24.3 Å². The minimum Gasteiger partial charge on any atom is -0.508 e. The molecule has 0 fully saturated rings. The predicted molar refractivity (Wildman–Crippen MR) is 137 cm³/mol. The number of fused-ring (bicyclic) bond motifs is 1. The Kier molecular flexibility index (Phi) is 6.61. The zero-order chi connectivity index (χ0) is 23.7. The van der Waals surface area contributed by atoms with E-state index in [0.29, 0.717) is 17.1 Å². The van der Waals surface area contributed by atoms with Crippen LogP contribution in [0.1, 0.15) is 22.6 Å². The standard InChI is InChI=1S/C23H15I2N3O5/c24-18-7-13(21-16-6-5-15(29)9-20(16)33-23(27)17(21)10-26)8-19(25)22(18)32-11-12-1-3-14(4-2-12)28(30)31/h1-9,21,29H,11,27H2/t21-/m1/s1. The van der Waals surface area contributed by atoms with Crippen LogP contribution in [0.15, 0.2) is 66.1 Å². The summed E-state index contributed by atoms with van der Waals surface area (Å²) in [5.41, 5.74) is 8.69. The first-order valence-corrected chi connectivity index (χ1v) is 11.7. The Hall–Kier alpha value is -3.05. The van der Waals surface area contributed by atoms with E-state index < -0.39 is 10.8 Å². The van der Waals surface area contributed by atoms with Crippen molar-refractivity contribution in [1.29, 1.82) is 5.26 Å². The summed E-state index contributed by atoms with van der Waals surface area (Å²) >= 11 is 4.35. The molecule has 3 aromatic rings. The lowest BCUT2D eigenvalue weighted by Crippen LogP contribution is -2.21. The van der Waals surface area contributed by atoms with Crippen LogP contribution in [0.5, 0.6) is 17.2 Å². The molecule has 10 heteroatoms. The number of non-ortho nitro benzene ring substituents is 1. The molecule has 0 spiro atoms. The predicted octanol–water partition coefficient (Wildman–Crippen LogP) is 5.31. The minimum absolute atomic E-state index is 0.00381. The Labute approximate surface area is 216 Å². The molecule has 0 saturated carbocycles. The summed E-state index contributed by atoms with van der Waals surface area (Å²) in [6.45, 7) is 0.249. The van der Waals surface area contributed by atoms with E-state index in [-0.39, 0.29) is 23.9 Å². The number of hydrogen-bond acceptors (Lipinski definition) is 7. The second-order valence-electron chi connectivity index (χ2n) is 7.17. The van der Waals surface area contributed by atoms with Crippen molar-refractivity contribution in [3.05, 3.63) is 100.0 Å². The van der Waals surface area contributed by atoms with Gasteiger partial charge in [-0.15, -0.1) is 0 Å². The highest BCUT2D eigenvalue weighted by molar-refractivity contribution is 14.1. The number of hydrogen-bond donors (Lipinski definition) is 2. The Bertz CT molecular complexity index is 1310. The molecule has 33 heavy (non-hydrogen) atoms. The largest absolute Gasteiger partial charge is 0.508 e. The molecule has 1 aliphatic heterocycles. The molecule has 0 unspecified atom stereocenters. The van der Waals surface area contributed by atoms with Crippen molar-refractivity contribution < 1.29 is 19.5 Å². The van der Waals surface area contributed by atoms with E-state index in [9.17, 15) is 20.5 Å². The first-order valence-electron chi connectivity index (χ1n) is 9.54. The lowest BCUT2D eigenvalue weighted by Gasteiger charge is -2.27. The highest BCUT2D eigenvalue weighted by Gasteiger charge is 2.31. The van der Waals surface area contributed by atoms with Gasteiger partial charge in [-0.1, -0.05) is 6.07 Å². The molecular weight excluding hydrogens is 652 g/mol. The Balaban J connectivity index is 1.66. The number of rotatable bonds is 5. The number of allylic oxidation sites excluding steroid dienone is 1. The van der Waals surface area contributed by atoms with Gasteiger partial charge in [0.05, 0.1) is 18.0 Å². The first kappa shape index (κ1) is 23.1. The number of nitro groups is 1. The van der Waals surface area contributed by atoms with Gasteiger partial charge in [-0.3, -0.25) is 10.1 Å². The fourth-order valence-corrected chi connectivity index (χ4v) is 5.67. The van der Waals surface area contributed by atoms with Gasteiger partial charge in [0.25, 0.3) is 5.69 Å². The van der Waals surface area contributed by atoms with Crippen LogP contribution < -0.4 is 15.2 Å². The van der Waals surface area contributed by atoms with Gasteiger partial charge in [-0.05, 0) is 86.6 Å². The van der Waals surface area contributed by atoms with E-state index in [4.69, 9.17) is 15.2 Å². The van der Waals surface area contributed by atoms with Crippen LogP contribution in [0.25, 0.3) is 0 Å². The fourth-order valence-electron chi connectivity index (χ4n) is 3.54. The van der Waals surface area contributed by atoms with Gasteiger partial charge in [0.15, 0.2) is 0 Å². The normalized spacial score (nSPS) is 14.8. The molecular formula is C23H15I2N3O5. The molecule has 8 nitrogen and oxygen atoms in total. The quantitative estimate of drug-likeness (QED) is 0.214. The fraction of sp³-hybridized carbons (Fsp3) is 0.0870. The Morgan fingerprint density at radius 1 is 1.15 bits per heavy atom. The van der Waals surface area contributed by atoms with Crippen molar-refractivity contribution in [1.82, 2.24) is 0 Å². The highest BCUT2D eigenvalue weighted by Crippen LogP contribution is 2.45. The summed E-state index contributed by atoms with van der Waals surface area (Å²) < 4.78 is 13.2. The van der Waals surface area contributed by atoms with E-state index in [2.05, 4.69) is 51.3 Å². The molecule has 3 N–H and O–H groups in total. The van der Waals surface area contributed by atoms with Crippen LogP contribution in [-0.2, 0) is 6.61 Å². The zero-order valence-corrected chi connectivity index (χ0v) is 21.1. The van der Waals surface area contributed by atoms with Gasteiger partial charge < -0.3 is 20.3 Å². The number of ether oxygens (including phenoxy) is 2.